The normalized spacial score (nSPS) is 15.2. The van der Waals surface area contributed by atoms with Crippen LogP contribution in [0.5, 0.6) is 5.75 Å². The van der Waals surface area contributed by atoms with Gasteiger partial charge >= 0.3 is 6.09 Å². The van der Waals surface area contributed by atoms with Crippen molar-refractivity contribution in [3.8, 4) is 11.4 Å². The predicted octanol–water partition coefficient (Wildman–Crippen LogP) is 4.85. The number of carbonyl (C=O) groups excluding carboxylic acids is 2. The molecule has 4 rings (SSSR count). The summed E-state index contributed by atoms with van der Waals surface area (Å²) in [6.07, 6.45) is 1.48. The van der Waals surface area contributed by atoms with E-state index in [0.717, 1.165) is 5.56 Å². The third-order valence-electron chi connectivity index (χ3n) is 5.81. The fraction of sp³-hybridized carbons (Fsp3) is 0.346. The number of rotatable bonds is 12. The number of aromatic nitrogens is 1. The second kappa shape index (κ2) is 12.4. The van der Waals surface area contributed by atoms with Crippen molar-refractivity contribution in [1.29, 1.82) is 0 Å². The molecule has 0 spiro atoms. The second-order valence-electron chi connectivity index (χ2n) is 8.36. The number of Topliss-reactive ketones (excluding diaryl/α,β-unsaturated/α-hetero) is 1. The Bertz CT molecular complexity index is 1320. The molecule has 2 aromatic heterocycles. The highest BCUT2D eigenvalue weighted by Gasteiger charge is 2.33. The molecule has 1 amide bonds. The van der Waals surface area contributed by atoms with Gasteiger partial charge in [-0.2, -0.15) is 0 Å². The number of methoxy groups -OCH3 is 1. The Kier molecular flexibility index (Phi) is 8.99. The summed E-state index contributed by atoms with van der Waals surface area (Å²) < 4.78 is 23.2. The van der Waals surface area contributed by atoms with Crippen molar-refractivity contribution in [3.05, 3.63) is 73.8 Å². The van der Waals surface area contributed by atoms with Crippen LogP contribution in [0.4, 0.5) is 10.5 Å². The summed E-state index contributed by atoms with van der Waals surface area (Å²) >= 11 is 7.15. The highest BCUT2D eigenvalue weighted by atomic mass is 35.5. The molecule has 1 saturated heterocycles. The van der Waals surface area contributed by atoms with E-state index in [4.69, 9.17) is 30.5 Å². The molecular formula is C26H27ClN2O7S. The lowest BCUT2D eigenvalue weighted by Crippen LogP contribution is -2.25. The van der Waals surface area contributed by atoms with Crippen LogP contribution in [0.25, 0.3) is 5.69 Å². The minimum Gasteiger partial charge on any atom is -0.462 e. The number of hydrogen-bond donors (Lipinski definition) is 0. The number of hydrogen-bond acceptors (Lipinski definition) is 8. The molecule has 0 unspecified atom stereocenters. The van der Waals surface area contributed by atoms with E-state index < -0.39 is 12.2 Å². The lowest BCUT2D eigenvalue weighted by molar-refractivity contribution is -0.00921. The van der Waals surface area contributed by atoms with Crippen molar-refractivity contribution in [2.24, 2.45) is 0 Å². The van der Waals surface area contributed by atoms with Crippen molar-refractivity contribution in [2.45, 2.75) is 25.9 Å². The first-order valence-electron chi connectivity index (χ1n) is 11.7. The topological polar surface area (TPSA) is 96.3 Å². The van der Waals surface area contributed by atoms with Crippen LogP contribution in [0, 0.1) is 6.92 Å². The molecule has 1 aliphatic rings. The van der Waals surface area contributed by atoms with E-state index in [-0.39, 0.29) is 30.3 Å². The number of anilines is 1. The summed E-state index contributed by atoms with van der Waals surface area (Å²) in [6.45, 7) is 2.92. The lowest BCUT2D eigenvalue weighted by atomic mass is 10.1. The molecule has 0 bridgehead atoms. The minimum atomic E-state index is -0.468. The van der Waals surface area contributed by atoms with E-state index in [2.05, 4.69) is 0 Å². The van der Waals surface area contributed by atoms with Gasteiger partial charge in [0.05, 0.1) is 34.7 Å². The average molecular weight is 547 g/mol. The Hall–Kier alpha value is -3.18. The largest absolute Gasteiger partial charge is 0.462 e. The summed E-state index contributed by atoms with van der Waals surface area (Å²) in [5, 5.41) is 0. The summed E-state index contributed by atoms with van der Waals surface area (Å²) in [4.78, 5) is 40.0. The zero-order valence-corrected chi connectivity index (χ0v) is 22.0. The van der Waals surface area contributed by atoms with Gasteiger partial charge in [0, 0.05) is 25.4 Å². The summed E-state index contributed by atoms with van der Waals surface area (Å²) in [5.41, 5.74) is 1.76. The number of benzene rings is 1. The van der Waals surface area contributed by atoms with E-state index in [1.165, 1.54) is 20.8 Å². The molecule has 37 heavy (non-hydrogen) atoms. The highest BCUT2D eigenvalue weighted by Crippen LogP contribution is 2.28. The van der Waals surface area contributed by atoms with Crippen LogP contribution < -0.4 is 15.2 Å². The van der Waals surface area contributed by atoms with Crippen molar-refractivity contribution in [3.63, 3.8) is 0 Å². The van der Waals surface area contributed by atoms with E-state index in [0.29, 0.717) is 46.8 Å². The van der Waals surface area contributed by atoms with Gasteiger partial charge in [0.2, 0.25) is 0 Å². The van der Waals surface area contributed by atoms with Crippen LogP contribution in [0.2, 0.25) is 4.34 Å². The second-order valence-corrected chi connectivity index (χ2v) is 10.1. The molecule has 1 aliphatic heterocycles. The Morgan fingerprint density at radius 1 is 1.19 bits per heavy atom. The van der Waals surface area contributed by atoms with E-state index in [1.807, 2.05) is 13.0 Å². The molecule has 0 radical (unpaired) electrons. The molecule has 0 aliphatic carbocycles. The van der Waals surface area contributed by atoms with Crippen molar-refractivity contribution < 1.29 is 28.5 Å². The van der Waals surface area contributed by atoms with Gasteiger partial charge in [-0.15, -0.1) is 11.3 Å². The monoisotopic (exact) mass is 546 g/mol. The van der Waals surface area contributed by atoms with E-state index in [9.17, 15) is 14.4 Å². The molecule has 1 aromatic carbocycles. The molecule has 0 saturated carbocycles. The van der Waals surface area contributed by atoms with Crippen LogP contribution in [-0.4, -0.2) is 56.2 Å². The molecule has 0 N–H and O–H groups in total. The maximum absolute atomic E-state index is 12.9. The maximum Gasteiger partial charge on any atom is 0.414 e. The molecule has 11 heteroatoms. The predicted molar refractivity (Wildman–Crippen MR) is 141 cm³/mol. The van der Waals surface area contributed by atoms with Gasteiger partial charge < -0.3 is 18.9 Å². The first-order chi connectivity index (χ1) is 17.9. The first kappa shape index (κ1) is 26.9. The highest BCUT2D eigenvalue weighted by molar-refractivity contribution is 7.18. The Labute approximate surface area is 223 Å². The Balaban J connectivity index is 1.40. The Morgan fingerprint density at radius 3 is 2.76 bits per heavy atom. The van der Waals surface area contributed by atoms with Crippen LogP contribution in [-0.2, 0) is 14.2 Å². The number of halogens is 1. The maximum atomic E-state index is 12.9. The average Bonchev–Trinajstić information content (AvgIpc) is 3.49. The number of ether oxygens (including phenoxy) is 4. The van der Waals surface area contributed by atoms with E-state index >= 15 is 0 Å². The van der Waals surface area contributed by atoms with Crippen LogP contribution >= 0.6 is 22.9 Å². The zero-order chi connectivity index (χ0) is 26.4. The SMILES string of the molecule is COCCOCOc1cccn(-c2ccc(N3C[C@H](CCC(=O)c4ccc(Cl)s4)OC3=O)cc2C)c1=O. The molecule has 1 atom stereocenters. The molecule has 3 heterocycles. The Morgan fingerprint density at radius 2 is 2.03 bits per heavy atom. The molecule has 3 aromatic rings. The number of cyclic esters (lactones) is 1. The third-order valence-corrected chi connectivity index (χ3v) is 7.08. The van der Waals surface area contributed by atoms with Gasteiger partial charge in [0.25, 0.3) is 5.56 Å². The van der Waals surface area contributed by atoms with Crippen molar-refractivity contribution in [1.82, 2.24) is 4.57 Å². The summed E-state index contributed by atoms with van der Waals surface area (Å²) in [5.74, 6) is 0.138. The number of pyridine rings is 1. The third kappa shape index (κ3) is 6.58. The van der Waals surface area contributed by atoms with Gasteiger partial charge in [-0.1, -0.05) is 11.6 Å². The van der Waals surface area contributed by atoms with Gasteiger partial charge in [-0.05, 0) is 61.4 Å². The minimum absolute atomic E-state index is 0.0233. The smallest absolute Gasteiger partial charge is 0.414 e. The lowest BCUT2D eigenvalue weighted by Gasteiger charge is -2.17. The van der Waals surface area contributed by atoms with Gasteiger partial charge in [0.1, 0.15) is 6.10 Å². The van der Waals surface area contributed by atoms with E-state index in [1.54, 1.807) is 49.7 Å². The number of carbonyl (C=O) groups is 2. The van der Waals surface area contributed by atoms with Crippen molar-refractivity contribution >= 4 is 40.5 Å². The number of ketones is 1. The molecule has 196 valence electrons. The van der Waals surface area contributed by atoms with Crippen LogP contribution in [0.3, 0.4) is 0 Å². The van der Waals surface area contributed by atoms with Crippen LogP contribution in [0.15, 0.2) is 53.5 Å². The first-order valence-corrected chi connectivity index (χ1v) is 12.9. The molecule has 1 fully saturated rings. The van der Waals surface area contributed by atoms with Gasteiger partial charge in [-0.3, -0.25) is 19.1 Å². The summed E-state index contributed by atoms with van der Waals surface area (Å²) in [6, 6.07) is 12.1. The standard InChI is InChI=1S/C26H27ClN2O7S/c1-17-14-18(29-15-19(36-26(29)32)6-8-21(30)23-9-10-24(27)37-23)5-7-20(17)28-11-3-4-22(25(28)31)35-16-34-13-12-33-2/h3-5,7,9-11,14,19H,6,8,12-13,15-16H2,1-2H3/t19-/m0/s1. The zero-order valence-electron chi connectivity index (χ0n) is 20.5. The van der Waals surface area contributed by atoms with Gasteiger partial charge in [0.15, 0.2) is 18.3 Å². The fourth-order valence-corrected chi connectivity index (χ4v) is 4.93. The number of aryl methyl sites for hydroxylation is 1. The fourth-order valence-electron chi connectivity index (χ4n) is 3.92. The van der Waals surface area contributed by atoms with Crippen LogP contribution in [0.1, 0.15) is 28.1 Å². The quantitative estimate of drug-likeness (QED) is 0.182. The number of thiophene rings is 1. The van der Waals surface area contributed by atoms with Crippen molar-refractivity contribution in [2.75, 3.05) is 38.6 Å². The number of nitrogens with zero attached hydrogens (tertiary/aromatic N) is 2. The summed E-state index contributed by atoms with van der Waals surface area (Å²) in [7, 11) is 1.57. The van der Waals surface area contributed by atoms with Gasteiger partial charge in [-0.25, -0.2) is 4.79 Å². The molecular weight excluding hydrogens is 520 g/mol. The number of amides is 1. The molecule has 9 nitrogen and oxygen atoms in total.